The van der Waals surface area contributed by atoms with E-state index in [1.54, 1.807) is 0 Å². The Morgan fingerprint density at radius 1 is 1.22 bits per heavy atom. The average Bonchev–Trinajstić information content (AvgIpc) is 2.36. The first-order valence-corrected chi connectivity index (χ1v) is 5.97. The predicted molar refractivity (Wildman–Crippen MR) is 70.0 cm³/mol. The number of nitrogens with zero attached hydrogens (tertiary/aromatic N) is 3. The van der Waals surface area contributed by atoms with E-state index in [9.17, 15) is 14.5 Å². The van der Waals surface area contributed by atoms with Crippen molar-refractivity contribution in [2.24, 2.45) is 12.2 Å². The van der Waals surface area contributed by atoms with E-state index < -0.39 is 16.9 Å². The third kappa shape index (κ3) is 2.66. The molecule has 1 heterocycles. The number of hydrogen-bond acceptors (Lipinski definition) is 5. The van der Waals surface area contributed by atoms with Crippen molar-refractivity contribution in [1.82, 2.24) is 9.13 Å². The zero-order valence-electron chi connectivity index (χ0n) is 10.7. The molecule has 0 aliphatic rings. The third-order valence-corrected chi connectivity index (χ3v) is 2.90. The van der Waals surface area contributed by atoms with E-state index >= 15 is 0 Å². The zero-order valence-corrected chi connectivity index (χ0v) is 10.7. The van der Waals surface area contributed by atoms with Gasteiger partial charge in [0.1, 0.15) is 5.82 Å². The summed E-state index contributed by atoms with van der Waals surface area (Å²) in [5.41, 5.74) is 3.88. The Balaban J connectivity index is 3.12. The molecule has 7 nitrogen and oxygen atoms in total. The molecule has 1 aromatic heterocycles. The van der Waals surface area contributed by atoms with Gasteiger partial charge < -0.3 is 5.73 Å². The summed E-state index contributed by atoms with van der Waals surface area (Å²) in [6.07, 6.45) is 3.75. The molecule has 1 aromatic rings. The van der Waals surface area contributed by atoms with Crippen LogP contribution in [0.4, 0.5) is 11.5 Å². The summed E-state index contributed by atoms with van der Waals surface area (Å²) in [4.78, 5) is 34.3. The number of nitrogen functional groups attached to an aromatic ring is 1. The molecular weight excluding hydrogens is 236 g/mol. The van der Waals surface area contributed by atoms with Crippen LogP contribution in [0.15, 0.2) is 14.8 Å². The molecule has 100 valence electrons. The molecule has 0 aliphatic heterocycles. The van der Waals surface area contributed by atoms with Crippen LogP contribution in [-0.4, -0.2) is 9.13 Å². The van der Waals surface area contributed by atoms with E-state index in [0.29, 0.717) is 6.42 Å². The topological polar surface area (TPSA) is 99.4 Å². The van der Waals surface area contributed by atoms with Gasteiger partial charge in [0.15, 0.2) is 0 Å². The fourth-order valence-electron chi connectivity index (χ4n) is 1.75. The summed E-state index contributed by atoms with van der Waals surface area (Å²) in [6.45, 7) is 2.36. The second-order valence-corrected chi connectivity index (χ2v) is 4.18. The molecule has 0 saturated carbocycles. The van der Waals surface area contributed by atoms with Gasteiger partial charge in [-0.3, -0.25) is 13.9 Å². The summed E-state index contributed by atoms with van der Waals surface area (Å²) < 4.78 is 2.08. The van der Waals surface area contributed by atoms with E-state index in [4.69, 9.17) is 5.73 Å². The summed E-state index contributed by atoms with van der Waals surface area (Å²) in [5.74, 6) is -0.190. The van der Waals surface area contributed by atoms with E-state index in [1.807, 2.05) is 0 Å². The van der Waals surface area contributed by atoms with Gasteiger partial charge in [0.25, 0.3) is 5.56 Å². The molecule has 2 N–H and O–H groups in total. The Kier molecular flexibility index (Phi) is 4.82. The summed E-state index contributed by atoms with van der Waals surface area (Å²) in [6, 6.07) is 0. The highest BCUT2D eigenvalue weighted by Crippen LogP contribution is 2.12. The Hall–Kier alpha value is -1.92. The second kappa shape index (κ2) is 6.13. The number of hydrogen-bond donors (Lipinski definition) is 1. The number of unbranched alkanes of at least 4 members (excludes halogenated alkanes) is 3. The third-order valence-electron chi connectivity index (χ3n) is 2.90. The summed E-state index contributed by atoms with van der Waals surface area (Å²) in [7, 11) is 1.41. The van der Waals surface area contributed by atoms with Crippen LogP contribution in [0.25, 0.3) is 0 Å². The first kappa shape index (κ1) is 14.1. The van der Waals surface area contributed by atoms with Crippen LogP contribution in [0.3, 0.4) is 0 Å². The lowest BCUT2D eigenvalue weighted by molar-refractivity contribution is 0.536. The van der Waals surface area contributed by atoms with Crippen molar-refractivity contribution in [3.8, 4) is 0 Å². The van der Waals surface area contributed by atoms with Crippen LogP contribution < -0.4 is 17.0 Å². The smallest absolute Gasteiger partial charge is 0.332 e. The van der Waals surface area contributed by atoms with Crippen molar-refractivity contribution < 1.29 is 0 Å². The molecule has 0 unspecified atom stereocenters. The molecular formula is C11H18N4O3. The molecule has 0 atom stereocenters. The number of rotatable bonds is 6. The summed E-state index contributed by atoms with van der Waals surface area (Å²) >= 11 is 0. The molecule has 0 aliphatic carbocycles. The van der Waals surface area contributed by atoms with Crippen LogP contribution in [-0.2, 0) is 13.6 Å². The van der Waals surface area contributed by atoms with Crippen molar-refractivity contribution >= 4 is 11.5 Å². The van der Waals surface area contributed by atoms with Crippen LogP contribution in [0.5, 0.6) is 0 Å². The number of nitrogens with two attached hydrogens (primary N) is 1. The SMILES string of the molecule is CCCCCCn1c(=O)c(N=O)c(N)n(C)c1=O. The molecule has 0 bridgehead atoms. The highest BCUT2D eigenvalue weighted by Gasteiger charge is 2.15. The number of nitroso groups, excluding NO2 is 1. The maximum atomic E-state index is 11.8. The molecule has 18 heavy (non-hydrogen) atoms. The molecule has 0 saturated heterocycles. The van der Waals surface area contributed by atoms with E-state index in [0.717, 1.165) is 28.4 Å². The lowest BCUT2D eigenvalue weighted by Crippen LogP contribution is -2.39. The maximum Gasteiger partial charge on any atom is 0.332 e. The molecule has 1 rings (SSSR count). The number of anilines is 1. The standard InChI is InChI=1S/C11H18N4O3/c1-3-4-5-6-7-15-10(16)8(13-18)9(12)14(2)11(15)17/h3-7,12H2,1-2H3. The van der Waals surface area contributed by atoms with Gasteiger partial charge in [-0.15, -0.1) is 4.91 Å². The van der Waals surface area contributed by atoms with Crippen molar-refractivity contribution in [3.63, 3.8) is 0 Å². The Labute approximate surface area is 104 Å². The average molecular weight is 254 g/mol. The second-order valence-electron chi connectivity index (χ2n) is 4.18. The minimum absolute atomic E-state index is 0.190. The first-order valence-electron chi connectivity index (χ1n) is 5.97. The van der Waals surface area contributed by atoms with Crippen molar-refractivity contribution in [3.05, 3.63) is 25.7 Å². The van der Waals surface area contributed by atoms with Crippen molar-refractivity contribution in [1.29, 1.82) is 0 Å². The predicted octanol–water partition coefficient (Wildman–Crippen LogP) is 1.11. The molecule has 0 amide bonds. The molecule has 0 aromatic carbocycles. The fraction of sp³-hybridized carbons (Fsp3) is 0.636. The van der Waals surface area contributed by atoms with Crippen LogP contribution in [0.2, 0.25) is 0 Å². The highest BCUT2D eigenvalue weighted by molar-refractivity contribution is 5.55. The Bertz CT molecular complexity index is 544. The Morgan fingerprint density at radius 2 is 1.89 bits per heavy atom. The normalized spacial score (nSPS) is 10.6. The van der Waals surface area contributed by atoms with Crippen LogP contribution in [0.1, 0.15) is 32.6 Å². The zero-order chi connectivity index (χ0) is 13.7. The van der Waals surface area contributed by atoms with Gasteiger partial charge in [-0.25, -0.2) is 4.79 Å². The van der Waals surface area contributed by atoms with Crippen LogP contribution in [0, 0.1) is 4.91 Å². The van der Waals surface area contributed by atoms with Gasteiger partial charge in [0.05, 0.1) is 0 Å². The minimum Gasteiger partial charge on any atom is -0.383 e. The van der Waals surface area contributed by atoms with Crippen LogP contribution >= 0.6 is 0 Å². The van der Waals surface area contributed by atoms with Crippen molar-refractivity contribution in [2.75, 3.05) is 5.73 Å². The molecule has 7 heteroatoms. The van der Waals surface area contributed by atoms with E-state index in [1.165, 1.54) is 7.05 Å². The largest absolute Gasteiger partial charge is 0.383 e. The maximum absolute atomic E-state index is 11.8. The molecule has 0 radical (unpaired) electrons. The van der Waals surface area contributed by atoms with Gasteiger partial charge in [0.2, 0.25) is 5.69 Å². The van der Waals surface area contributed by atoms with Gasteiger partial charge in [-0.05, 0) is 11.6 Å². The fourth-order valence-corrected chi connectivity index (χ4v) is 1.75. The quantitative estimate of drug-likeness (QED) is 0.607. The first-order chi connectivity index (χ1) is 8.54. The van der Waals surface area contributed by atoms with Gasteiger partial charge in [-0.2, -0.15) is 0 Å². The monoisotopic (exact) mass is 254 g/mol. The van der Waals surface area contributed by atoms with E-state index in [2.05, 4.69) is 12.1 Å². The minimum atomic E-state index is -0.706. The Morgan fingerprint density at radius 3 is 2.44 bits per heavy atom. The number of aromatic nitrogens is 2. The molecule has 0 spiro atoms. The highest BCUT2D eigenvalue weighted by atomic mass is 16.3. The van der Waals surface area contributed by atoms with Crippen molar-refractivity contribution in [2.45, 2.75) is 39.2 Å². The lowest BCUT2D eigenvalue weighted by Gasteiger charge is -2.10. The van der Waals surface area contributed by atoms with Gasteiger partial charge in [-0.1, -0.05) is 26.2 Å². The van der Waals surface area contributed by atoms with Gasteiger partial charge >= 0.3 is 5.69 Å². The van der Waals surface area contributed by atoms with Gasteiger partial charge in [0, 0.05) is 13.6 Å². The summed E-state index contributed by atoms with van der Waals surface area (Å²) in [5, 5.41) is 2.61. The molecule has 0 fully saturated rings. The van der Waals surface area contributed by atoms with E-state index in [-0.39, 0.29) is 12.4 Å². The lowest BCUT2D eigenvalue weighted by atomic mass is 10.2.